The van der Waals surface area contributed by atoms with Gasteiger partial charge in [-0.05, 0) is 40.8 Å². The van der Waals surface area contributed by atoms with Crippen LogP contribution in [0.1, 0.15) is 48.4 Å². The van der Waals surface area contributed by atoms with Gasteiger partial charge in [0.2, 0.25) is 0 Å². The molecule has 0 spiro atoms. The van der Waals surface area contributed by atoms with Crippen LogP contribution in [0.3, 0.4) is 0 Å². The van der Waals surface area contributed by atoms with Crippen molar-refractivity contribution in [1.82, 2.24) is 0 Å². The molecule has 3 aromatic carbocycles. The number of ketones is 1. The third-order valence-electron chi connectivity index (χ3n) is 5.42. The van der Waals surface area contributed by atoms with Crippen LogP contribution < -0.4 is 4.74 Å². The number of carbonyl (C=O) groups is 1. The van der Waals surface area contributed by atoms with Crippen LogP contribution >= 0.6 is 23.5 Å². The van der Waals surface area contributed by atoms with E-state index in [1.54, 1.807) is 23.5 Å². The third-order valence-corrected chi connectivity index (χ3v) is 7.99. The van der Waals surface area contributed by atoms with E-state index in [1.165, 1.54) is 15.4 Å². The van der Waals surface area contributed by atoms with Crippen LogP contribution in [0.25, 0.3) is 0 Å². The molecule has 0 amide bonds. The summed E-state index contributed by atoms with van der Waals surface area (Å²) in [6.07, 6.45) is -0.403. The molecule has 2 aliphatic heterocycles. The van der Waals surface area contributed by atoms with E-state index in [4.69, 9.17) is 4.74 Å². The average molecular weight is 431 g/mol. The van der Waals surface area contributed by atoms with Crippen LogP contribution in [-0.2, 0) is 5.41 Å². The van der Waals surface area contributed by atoms with E-state index in [2.05, 4.69) is 39.0 Å². The molecule has 0 aromatic heterocycles. The van der Waals surface area contributed by atoms with Gasteiger partial charge in [-0.25, -0.2) is 0 Å². The highest BCUT2D eigenvalue weighted by Crippen LogP contribution is 2.56. The van der Waals surface area contributed by atoms with Gasteiger partial charge in [0, 0.05) is 9.79 Å². The maximum atomic E-state index is 13.6. The molecule has 0 saturated heterocycles. The second kappa shape index (κ2) is 7.36. The van der Waals surface area contributed by atoms with Gasteiger partial charge >= 0.3 is 0 Å². The fraction of sp³-hybridized carbons (Fsp3) is 0.192. The van der Waals surface area contributed by atoms with E-state index in [-0.39, 0.29) is 11.2 Å². The molecular weight excluding hydrogens is 408 g/mol. The topological polar surface area (TPSA) is 26.3 Å². The van der Waals surface area contributed by atoms with E-state index >= 15 is 0 Å². The number of hydrogen-bond donors (Lipinski definition) is 0. The molecule has 2 nitrogen and oxygen atoms in total. The average Bonchev–Trinajstić information content (AvgIpc) is 3.16. The van der Waals surface area contributed by atoms with Crippen LogP contribution in [0, 0.1) is 0 Å². The summed E-state index contributed by atoms with van der Waals surface area (Å²) in [5, 5.41) is 0. The largest absolute Gasteiger partial charge is 0.480 e. The molecule has 3 aromatic rings. The van der Waals surface area contributed by atoms with Crippen molar-refractivity contribution in [2.24, 2.45) is 0 Å². The van der Waals surface area contributed by atoms with Crippen molar-refractivity contribution in [3.05, 3.63) is 99.3 Å². The molecule has 4 heteroatoms. The first-order chi connectivity index (χ1) is 14.4. The van der Waals surface area contributed by atoms with Crippen molar-refractivity contribution in [2.45, 2.75) is 42.1 Å². The standard InChI is InChI=1S/C26H22O2S2/c1-26(2,3)17-13-14-20-21(15-17)30-25(29-20)22-23(27)18-11-7-8-12-19(18)28-24(22)16-9-5-4-6-10-16/h4-15,24H,1-3H3/b25-22-. The highest BCUT2D eigenvalue weighted by Gasteiger charge is 2.37. The van der Waals surface area contributed by atoms with E-state index in [9.17, 15) is 4.79 Å². The van der Waals surface area contributed by atoms with Crippen LogP contribution in [0.2, 0.25) is 0 Å². The minimum Gasteiger partial charge on any atom is -0.480 e. The number of rotatable bonds is 1. The predicted octanol–water partition coefficient (Wildman–Crippen LogP) is 7.41. The van der Waals surface area contributed by atoms with Gasteiger partial charge in [0.25, 0.3) is 0 Å². The quantitative estimate of drug-likeness (QED) is 0.376. The molecule has 0 radical (unpaired) electrons. The number of carbonyl (C=O) groups excluding carboxylic acids is 1. The van der Waals surface area contributed by atoms with Crippen LogP contribution in [0.4, 0.5) is 0 Å². The van der Waals surface area contributed by atoms with Crippen molar-refractivity contribution in [1.29, 1.82) is 0 Å². The minimum atomic E-state index is -0.403. The predicted molar refractivity (Wildman–Crippen MR) is 124 cm³/mol. The third kappa shape index (κ3) is 3.38. The van der Waals surface area contributed by atoms with Gasteiger partial charge in [-0.3, -0.25) is 4.79 Å². The Bertz CT molecular complexity index is 1170. The number of Topliss-reactive ketones (excluding diaryl/α,β-unsaturated/α-hetero) is 1. The summed E-state index contributed by atoms with van der Waals surface area (Å²) in [6, 6.07) is 24.2. The molecule has 30 heavy (non-hydrogen) atoms. The van der Waals surface area contributed by atoms with Crippen molar-refractivity contribution in [3.63, 3.8) is 0 Å². The van der Waals surface area contributed by atoms with E-state index in [0.29, 0.717) is 11.3 Å². The lowest BCUT2D eigenvalue weighted by molar-refractivity contribution is 0.0961. The minimum absolute atomic E-state index is 0.0598. The fourth-order valence-corrected chi connectivity index (χ4v) is 6.36. The zero-order chi connectivity index (χ0) is 20.9. The summed E-state index contributed by atoms with van der Waals surface area (Å²) in [5.41, 5.74) is 3.76. The Balaban J connectivity index is 1.63. The van der Waals surface area contributed by atoms with Crippen molar-refractivity contribution in [2.75, 3.05) is 0 Å². The lowest BCUT2D eigenvalue weighted by Gasteiger charge is -2.29. The Morgan fingerprint density at radius 1 is 0.833 bits per heavy atom. The Morgan fingerprint density at radius 3 is 2.30 bits per heavy atom. The second-order valence-electron chi connectivity index (χ2n) is 8.55. The number of thioether (sulfide) groups is 2. The van der Waals surface area contributed by atoms with Gasteiger partial charge < -0.3 is 4.74 Å². The highest BCUT2D eigenvalue weighted by molar-refractivity contribution is 8.24. The molecule has 0 fully saturated rings. The van der Waals surface area contributed by atoms with Gasteiger partial charge in [0.05, 0.1) is 15.4 Å². The van der Waals surface area contributed by atoms with Gasteiger partial charge in [0.1, 0.15) is 5.75 Å². The molecular formula is C26H22O2S2. The molecule has 0 saturated carbocycles. The molecule has 0 N–H and O–H groups in total. The van der Waals surface area contributed by atoms with E-state index < -0.39 is 6.10 Å². The fourth-order valence-electron chi connectivity index (χ4n) is 3.74. The summed E-state index contributed by atoms with van der Waals surface area (Å²) in [7, 11) is 0. The van der Waals surface area contributed by atoms with E-state index in [0.717, 1.165) is 15.4 Å². The first kappa shape index (κ1) is 19.5. The van der Waals surface area contributed by atoms with Crippen LogP contribution in [0.5, 0.6) is 5.75 Å². The summed E-state index contributed by atoms with van der Waals surface area (Å²) in [4.78, 5) is 16.0. The molecule has 150 valence electrons. The molecule has 0 aliphatic carbocycles. The van der Waals surface area contributed by atoms with Crippen molar-refractivity contribution in [3.8, 4) is 5.75 Å². The molecule has 5 rings (SSSR count). The Labute approximate surface area is 185 Å². The first-order valence-corrected chi connectivity index (χ1v) is 11.6. The highest BCUT2D eigenvalue weighted by atomic mass is 32.2. The number of benzene rings is 3. The van der Waals surface area contributed by atoms with Gasteiger partial charge in [-0.2, -0.15) is 0 Å². The Hall–Kier alpha value is -2.43. The molecule has 0 bridgehead atoms. The monoisotopic (exact) mass is 430 g/mol. The normalized spacial score (nSPS) is 20.5. The molecule has 2 heterocycles. The van der Waals surface area contributed by atoms with Gasteiger partial charge in [0.15, 0.2) is 11.9 Å². The molecule has 1 atom stereocenters. The Morgan fingerprint density at radius 2 is 1.53 bits per heavy atom. The summed E-state index contributed by atoms with van der Waals surface area (Å²) in [5.74, 6) is 0.714. The second-order valence-corrected chi connectivity index (χ2v) is 10.9. The number of ether oxygens (including phenoxy) is 1. The zero-order valence-corrected chi connectivity index (χ0v) is 18.8. The van der Waals surface area contributed by atoms with Crippen LogP contribution in [0.15, 0.2) is 92.4 Å². The van der Waals surface area contributed by atoms with Gasteiger partial charge in [-0.15, -0.1) is 0 Å². The molecule has 1 unspecified atom stereocenters. The zero-order valence-electron chi connectivity index (χ0n) is 17.1. The lowest BCUT2D eigenvalue weighted by Crippen LogP contribution is -2.24. The maximum absolute atomic E-state index is 13.6. The van der Waals surface area contributed by atoms with Crippen molar-refractivity contribution >= 4 is 29.3 Å². The summed E-state index contributed by atoms with van der Waals surface area (Å²) < 4.78 is 7.40. The first-order valence-electron chi connectivity index (χ1n) is 10.0. The summed E-state index contributed by atoms with van der Waals surface area (Å²) in [6.45, 7) is 6.67. The lowest BCUT2D eigenvalue weighted by atomic mass is 9.87. The smallest absolute Gasteiger partial charge is 0.198 e. The van der Waals surface area contributed by atoms with E-state index in [1.807, 2.05) is 54.6 Å². The SMILES string of the molecule is CC(C)(C)c1ccc2c(c1)S/C(=C1/C(=O)c3ccccc3OC1c1ccccc1)S2. The van der Waals surface area contributed by atoms with Crippen LogP contribution in [-0.4, -0.2) is 5.78 Å². The maximum Gasteiger partial charge on any atom is 0.198 e. The van der Waals surface area contributed by atoms with Gasteiger partial charge in [-0.1, -0.05) is 92.8 Å². The van der Waals surface area contributed by atoms with Crippen molar-refractivity contribution < 1.29 is 9.53 Å². The number of para-hydroxylation sites is 1. The number of hydrogen-bond acceptors (Lipinski definition) is 4. The molecule has 2 aliphatic rings. The Kier molecular flexibility index (Phi) is 4.79. The number of fused-ring (bicyclic) bond motifs is 2. The summed E-state index contributed by atoms with van der Waals surface area (Å²) >= 11 is 3.37.